The summed E-state index contributed by atoms with van der Waals surface area (Å²) in [7, 11) is 0. The molecule has 2 rings (SSSR count). The number of ether oxygens (including phenoxy) is 1. The second-order valence-corrected chi connectivity index (χ2v) is 3.72. The maximum atomic E-state index is 12.8. The van der Waals surface area contributed by atoms with Gasteiger partial charge in [-0.2, -0.15) is 0 Å². The van der Waals surface area contributed by atoms with Gasteiger partial charge in [-0.1, -0.05) is 6.08 Å². The van der Waals surface area contributed by atoms with E-state index < -0.39 is 0 Å². The van der Waals surface area contributed by atoms with Crippen LogP contribution in [0.1, 0.15) is 19.4 Å². The van der Waals surface area contributed by atoms with Crippen molar-refractivity contribution < 1.29 is 9.13 Å². The van der Waals surface area contributed by atoms with Crippen LogP contribution in [0.3, 0.4) is 0 Å². The molecule has 1 aromatic carbocycles. The average Bonchev–Trinajstić information content (AvgIpc) is 2.01. The van der Waals surface area contributed by atoms with E-state index in [0.717, 1.165) is 5.56 Å². The minimum Gasteiger partial charge on any atom is -0.483 e. The summed E-state index contributed by atoms with van der Waals surface area (Å²) in [6, 6.07) is 4.57. The predicted molar refractivity (Wildman–Crippen MR) is 50.1 cm³/mol. The van der Waals surface area contributed by atoms with Gasteiger partial charge in [-0.15, -0.1) is 0 Å². The molecule has 1 aliphatic rings. The Bertz CT molecular complexity index is 366. The molecule has 1 heterocycles. The summed E-state index contributed by atoms with van der Waals surface area (Å²) in [4.78, 5) is 0. The van der Waals surface area contributed by atoms with Crippen LogP contribution in [0.4, 0.5) is 4.39 Å². The molecule has 0 fully saturated rings. The Labute approximate surface area is 76.8 Å². The first kappa shape index (κ1) is 8.30. The number of hydrogen-bond acceptors (Lipinski definition) is 1. The number of benzene rings is 1. The fourth-order valence-corrected chi connectivity index (χ4v) is 1.34. The van der Waals surface area contributed by atoms with E-state index >= 15 is 0 Å². The summed E-state index contributed by atoms with van der Waals surface area (Å²) in [6.45, 7) is 3.88. The maximum Gasteiger partial charge on any atom is 0.130 e. The first-order chi connectivity index (χ1) is 6.07. The molecule has 0 atom stereocenters. The molecule has 0 N–H and O–H groups in total. The third kappa shape index (κ3) is 1.57. The zero-order chi connectivity index (χ0) is 9.47. The minimum absolute atomic E-state index is 0.259. The highest BCUT2D eigenvalue weighted by Gasteiger charge is 2.21. The molecule has 0 aromatic heterocycles. The molecule has 68 valence electrons. The van der Waals surface area contributed by atoms with Crippen LogP contribution < -0.4 is 4.74 Å². The lowest BCUT2D eigenvalue weighted by atomic mass is 10.0. The molecule has 0 unspecified atom stereocenters. The van der Waals surface area contributed by atoms with Gasteiger partial charge in [0.2, 0.25) is 0 Å². The van der Waals surface area contributed by atoms with Gasteiger partial charge in [-0.25, -0.2) is 4.39 Å². The zero-order valence-electron chi connectivity index (χ0n) is 7.67. The number of halogens is 1. The number of fused-ring (bicyclic) bond motifs is 1. The van der Waals surface area contributed by atoms with Gasteiger partial charge < -0.3 is 4.74 Å². The summed E-state index contributed by atoms with van der Waals surface area (Å²) in [5, 5.41) is 0. The van der Waals surface area contributed by atoms with Gasteiger partial charge in [-0.3, -0.25) is 0 Å². The SMILES string of the molecule is CC1(C)C=Cc2ccc(F)cc2O1. The van der Waals surface area contributed by atoms with Gasteiger partial charge >= 0.3 is 0 Å². The van der Waals surface area contributed by atoms with E-state index in [1.165, 1.54) is 12.1 Å². The molecule has 0 bridgehead atoms. The average molecular weight is 178 g/mol. The van der Waals surface area contributed by atoms with Crippen molar-refractivity contribution in [3.63, 3.8) is 0 Å². The Morgan fingerprint density at radius 2 is 2.08 bits per heavy atom. The lowest BCUT2D eigenvalue weighted by Crippen LogP contribution is -2.27. The molecular weight excluding hydrogens is 167 g/mol. The highest BCUT2D eigenvalue weighted by atomic mass is 19.1. The van der Waals surface area contributed by atoms with Crippen LogP contribution in [0.15, 0.2) is 24.3 Å². The first-order valence-corrected chi connectivity index (χ1v) is 4.25. The van der Waals surface area contributed by atoms with Crippen LogP contribution in [0.2, 0.25) is 0 Å². The molecule has 1 nitrogen and oxygen atoms in total. The monoisotopic (exact) mass is 178 g/mol. The largest absolute Gasteiger partial charge is 0.483 e. The van der Waals surface area contributed by atoms with Gasteiger partial charge in [-0.05, 0) is 32.1 Å². The van der Waals surface area contributed by atoms with E-state index in [1.54, 1.807) is 6.07 Å². The Balaban J connectivity index is 2.48. The predicted octanol–water partition coefficient (Wildman–Crippen LogP) is 3.01. The normalized spacial score (nSPS) is 17.8. The molecule has 0 spiro atoms. The van der Waals surface area contributed by atoms with E-state index in [9.17, 15) is 4.39 Å². The van der Waals surface area contributed by atoms with Crippen molar-refractivity contribution in [2.24, 2.45) is 0 Å². The number of hydrogen-bond donors (Lipinski definition) is 0. The minimum atomic E-state index is -0.333. The molecule has 1 aromatic rings. The van der Waals surface area contributed by atoms with E-state index in [4.69, 9.17) is 4.74 Å². The van der Waals surface area contributed by atoms with Crippen LogP contribution in [0.5, 0.6) is 5.75 Å². The van der Waals surface area contributed by atoms with Crippen molar-refractivity contribution in [3.8, 4) is 5.75 Å². The third-order valence-electron chi connectivity index (χ3n) is 2.01. The quantitative estimate of drug-likeness (QED) is 0.593. The number of rotatable bonds is 0. The second-order valence-electron chi connectivity index (χ2n) is 3.72. The van der Waals surface area contributed by atoms with Gasteiger partial charge in [0.25, 0.3) is 0 Å². The molecular formula is C11H11FO. The summed E-state index contributed by atoms with van der Waals surface area (Å²) in [5.41, 5.74) is 0.599. The summed E-state index contributed by atoms with van der Waals surface area (Å²) in [5.74, 6) is 0.359. The molecule has 1 aliphatic heterocycles. The zero-order valence-corrected chi connectivity index (χ0v) is 7.67. The van der Waals surface area contributed by atoms with Crippen molar-refractivity contribution in [2.75, 3.05) is 0 Å². The van der Waals surface area contributed by atoms with Crippen molar-refractivity contribution in [1.29, 1.82) is 0 Å². The summed E-state index contributed by atoms with van der Waals surface area (Å²) >= 11 is 0. The second kappa shape index (κ2) is 2.59. The van der Waals surface area contributed by atoms with Crippen molar-refractivity contribution in [3.05, 3.63) is 35.7 Å². The third-order valence-corrected chi connectivity index (χ3v) is 2.01. The smallest absolute Gasteiger partial charge is 0.130 e. The molecule has 0 saturated heterocycles. The molecule has 2 heteroatoms. The van der Waals surface area contributed by atoms with Crippen molar-refractivity contribution in [1.82, 2.24) is 0 Å². The highest BCUT2D eigenvalue weighted by molar-refractivity contribution is 5.60. The van der Waals surface area contributed by atoms with E-state index in [-0.39, 0.29) is 11.4 Å². The van der Waals surface area contributed by atoms with E-state index in [0.29, 0.717) is 5.75 Å². The molecule has 0 radical (unpaired) electrons. The summed E-state index contributed by atoms with van der Waals surface area (Å²) < 4.78 is 18.4. The molecule has 0 aliphatic carbocycles. The Kier molecular flexibility index (Phi) is 1.65. The van der Waals surface area contributed by atoms with Crippen LogP contribution in [-0.2, 0) is 0 Å². The maximum absolute atomic E-state index is 12.8. The van der Waals surface area contributed by atoms with E-state index in [1.807, 2.05) is 26.0 Å². The first-order valence-electron chi connectivity index (χ1n) is 4.25. The standard InChI is InChI=1S/C11H11FO/c1-11(2)6-5-8-3-4-9(12)7-10(8)13-11/h3-7H,1-2H3. The van der Waals surface area contributed by atoms with Gasteiger partial charge in [0.05, 0.1) is 0 Å². The Morgan fingerprint density at radius 3 is 2.85 bits per heavy atom. The molecule has 0 saturated carbocycles. The van der Waals surface area contributed by atoms with Crippen LogP contribution in [0, 0.1) is 5.82 Å². The Morgan fingerprint density at radius 1 is 1.31 bits per heavy atom. The van der Waals surface area contributed by atoms with E-state index in [2.05, 4.69) is 0 Å². The van der Waals surface area contributed by atoms with Crippen molar-refractivity contribution >= 4 is 6.08 Å². The van der Waals surface area contributed by atoms with Gasteiger partial charge in [0, 0.05) is 11.6 Å². The molecule has 13 heavy (non-hydrogen) atoms. The van der Waals surface area contributed by atoms with Gasteiger partial charge in [0.15, 0.2) is 0 Å². The fourth-order valence-electron chi connectivity index (χ4n) is 1.34. The topological polar surface area (TPSA) is 9.23 Å². The molecule has 0 amide bonds. The van der Waals surface area contributed by atoms with Crippen LogP contribution >= 0.6 is 0 Å². The highest BCUT2D eigenvalue weighted by Crippen LogP contribution is 2.30. The van der Waals surface area contributed by atoms with Gasteiger partial charge in [0.1, 0.15) is 17.2 Å². The fraction of sp³-hybridized carbons (Fsp3) is 0.273. The summed E-state index contributed by atoms with van der Waals surface area (Å²) in [6.07, 6.45) is 3.92. The Hall–Kier alpha value is -1.31. The van der Waals surface area contributed by atoms with Crippen LogP contribution in [0.25, 0.3) is 6.08 Å². The lowest BCUT2D eigenvalue weighted by molar-refractivity contribution is 0.158. The lowest BCUT2D eigenvalue weighted by Gasteiger charge is -2.27. The van der Waals surface area contributed by atoms with Crippen molar-refractivity contribution in [2.45, 2.75) is 19.4 Å². The van der Waals surface area contributed by atoms with Crippen LogP contribution in [-0.4, -0.2) is 5.60 Å².